The number of phenols is 1. The fraction of sp³-hybridized carbons (Fsp3) is 0.290. The van der Waals surface area contributed by atoms with Crippen molar-refractivity contribution in [2.75, 3.05) is 34.1 Å². The summed E-state index contributed by atoms with van der Waals surface area (Å²) < 4.78 is 44.5. The van der Waals surface area contributed by atoms with Gasteiger partial charge in [0.1, 0.15) is 42.0 Å². The van der Waals surface area contributed by atoms with Crippen LogP contribution in [0.25, 0.3) is 0 Å². The normalized spacial score (nSPS) is 17.9. The van der Waals surface area contributed by atoms with Crippen molar-refractivity contribution in [1.29, 1.82) is 0 Å². The molecule has 2 amide bonds. The Morgan fingerprint density at radius 1 is 0.978 bits per heavy atom. The highest BCUT2D eigenvalue weighted by molar-refractivity contribution is 6.11. The van der Waals surface area contributed by atoms with Gasteiger partial charge in [-0.05, 0) is 67.4 Å². The molecule has 1 aliphatic rings. The molecule has 0 radical (unpaired) electrons. The Kier molecular flexibility index (Phi) is 10.3. The van der Waals surface area contributed by atoms with Crippen molar-refractivity contribution < 1.29 is 61.9 Å². The van der Waals surface area contributed by atoms with E-state index in [4.69, 9.17) is 19.0 Å². The van der Waals surface area contributed by atoms with Crippen LogP contribution < -0.4 is 19.9 Å². The van der Waals surface area contributed by atoms with Crippen LogP contribution in [0.1, 0.15) is 55.9 Å². The Hall–Kier alpha value is -5.08. The maximum Gasteiger partial charge on any atom is 0.398 e. The first-order chi connectivity index (χ1) is 21.5. The number of halogens is 2. The number of benzene rings is 3. The van der Waals surface area contributed by atoms with Crippen molar-refractivity contribution in [3.8, 4) is 17.2 Å². The number of nitrogens with zero attached hydrogens (tertiary/aromatic N) is 1. The Morgan fingerprint density at radius 3 is 2.29 bits per heavy atom. The van der Waals surface area contributed by atoms with Gasteiger partial charge in [-0.3, -0.25) is 14.4 Å². The molecule has 0 aliphatic carbocycles. The van der Waals surface area contributed by atoms with E-state index in [1.165, 1.54) is 56.7 Å². The molecule has 2 N–H and O–H groups in total. The monoisotopic (exact) mass is 628 g/mol. The number of ketones is 1. The highest BCUT2D eigenvalue weighted by atomic mass is 19.1. The van der Waals surface area contributed by atoms with Crippen LogP contribution >= 0.6 is 0 Å². The number of methoxy groups -OCH3 is 2. The number of nitrogens with one attached hydrogen (secondary N) is 1. The molecule has 1 fully saturated rings. The van der Waals surface area contributed by atoms with E-state index in [1.807, 2.05) is 0 Å². The number of hydrogen-bond acceptors (Lipinski definition) is 10. The summed E-state index contributed by atoms with van der Waals surface area (Å²) in [7, 11) is 2.67. The fourth-order valence-electron chi connectivity index (χ4n) is 4.90. The third-order valence-corrected chi connectivity index (χ3v) is 7.16. The maximum atomic E-state index is 15.3. The van der Waals surface area contributed by atoms with Gasteiger partial charge in [-0.25, -0.2) is 13.6 Å². The molecule has 238 valence electrons. The average Bonchev–Trinajstić information content (AvgIpc) is 3.22. The maximum absolute atomic E-state index is 15.3. The molecule has 0 aromatic heterocycles. The van der Waals surface area contributed by atoms with Gasteiger partial charge in [0.2, 0.25) is 5.78 Å². The van der Waals surface area contributed by atoms with Crippen LogP contribution in [0, 0.1) is 11.6 Å². The summed E-state index contributed by atoms with van der Waals surface area (Å²) in [4.78, 5) is 56.8. The lowest BCUT2D eigenvalue weighted by molar-refractivity contribution is -1.04. The highest BCUT2D eigenvalue weighted by Crippen LogP contribution is 2.30. The smallest absolute Gasteiger partial charge is 0.398 e. The lowest BCUT2D eigenvalue weighted by Gasteiger charge is -2.34. The van der Waals surface area contributed by atoms with E-state index in [2.05, 4.69) is 5.32 Å². The molecule has 14 heteroatoms. The number of carboxylic acid groups (broad SMARTS) is 1. The van der Waals surface area contributed by atoms with Gasteiger partial charge in [-0.1, -0.05) is 4.65 Å². The number of aromatic hydroxyl groups is 1. The third-order valence-electron chi connectivity index (χ3n) is 7.16. The SMILES string of the molecule is COCOc1ccc(OC)cc1C(=O)c1c(F)cc(C(=O)O[N+]2(C(=O)[O-])CCCCC(NC(=O)c3ccc(O)cc3)C2)cc1F. The van der Waals surface area contributed by atoms with Crippen molar-refractivity contribution in [2.24, 2.45) is 0 Å². The lowest BCUT2D eigenvalue weighted by Crippen LogP contribution is -2.63. The number of hydrogen-bond donors (Lipinski definition) is 2. The van der Waals surface area contributed by atoms with Crippen molar-refractivity contribution in [3.05, 3.63) is 88.5 Å². The van der Waals surface area contributed by atoms with E-state index >= 15 is 8.78 Å². The number of hydroxylamine groups is 3. The van der Waals surface area contributed by atoms with E-state index in [0.29, 0.717) is 25.0 Å². The van der Waals surface area contributed by atoms with Crippen molar-refractivity contribution in [3.63, 3.8) is 0 Å². The molecule has 1 saturated heterocycles. The summed E-state index contributed by atoms with van der Waals surface area (Å²) in [5.41, 5.74) is -1.74. The Morgan fingerprint density at radius 2 is 1.67 bits per heavy atom. The van der Waals surface area contributed by atoms with Crippen LogP contribution in [-0.4, -0.2) is 73.6 Å². The topological polar surface area (TPSA) is 161 Å². The summed E-state index contributed by atoms with van der Waals surface area (Å²) in [5, 5.41) is 24.5. The summed E-state index contributed by atoms with van der Waals surface area (Å²) in [6, 6.07) is 9.75. The van der Waals surface area contributed by atoms with Gasteiger partial charge in [0, 0.05) is 19.1 Å². The molecule has 0 bridgehead atoms. The number of carbonyl (C=O) groups excluding carboxylic acids is 4. The van der Waals surface area contributed by atoms with Crippen molar-refractivity contribution in [2.45, 2.75) is 25.3 Å². The average molecular weight is 629 g/mol. The van der Waals surface area contributed by atoms with Crippen molar-refractivity contribution in [1.82, 2.24) is 5.32 Å². The van der Waals surface area contributed by atoms with E-state index in [9.17, 15) is 29.4 Å². The first-order valence-corrected chi connectivity index (χ1v) is 13.7. The zero-order chi connectivity index (χ0) is 32.7. The molecule has 4 rings (SSSR count). The molecule has 1 aliphatic heterocycles. The van der Waals surface area contributed by atoms with E-state index < -0.39 is 63.7 Å². The van der Waals surface area contributed by atoms with Gasteiger partial charge in [0.05, 0.1) is 29.8 Å². The number of likely N-dealkylation sites (tertiary alicyclic amines) is 1. The van der Waals surface area contributed by atoms with Crippen LogP contribution in [0.4, 0.5) is 13.6 Å². The second-order valence-electron chi connectivity index (χ2n) is 10.2. The van der Waals surface area contributed by atoms with Gasteiger partial charge in [0.25, 0.3) is 5.91 Å². The predicted octanol–water partition coefficient (Wildman–Crippen LogP) is 3.11. The molecule has 2 atom stereocenters. The van der Waals surface area contributed by atoms with Crippen LogP contribution in [-0.2, 0) is 9.57 Å². The number of phenolic OH excluding ortho intramolecular Hbond substituents is 1. The molecule has 2 unspecified atom stereocenters. The first-order valence-electron chi connectivity index (χ1n) is 13.7. The number of carbonyl (C=O) groups is 4. The van der Waals surface area contributed by atoms with E-state index in [1.54, 1.807) is 0 Å². The predicted molar refractivity (Wildman–Crippen MR) is 149 cm³/mol. The van der Waals surface area contributed by atoms with Crippen LogP contribution in [0.15, 0.2) is 54.6 Å². The third kappa shape index (κ3) is 7.53. The van der Waals surface area contributed by atoms with Gasteiger partial charge < -0.3 is 34.5 Å². The van der Waals surface area contributed by atoms with Crippen LogP contribution in [0.5, 0.6) is 17.2 Å². The zero-order valence-electron chi connectivity index (χ0n) is 24.3. The number of amides is 2. The summed E-state index contributed by atoms with van der Waals surface area (Å²) in [5.74, 6) is -5.79. The minimum Gasteiger partial charge on any atom is -0.508 e. The van der Waals surface area contributed by atoms with Crippen molar-refractivity contribution >= 4 is 23.8 Å². The molecule has 3 aromatic carbocycles. The number of rotatable bonds is 9. The molecule has 1 heterocycles. The summed E-state index contributed by atoms with van der Waals surface area (Å²) >= 11 is 0. The minimum atomic E-state index is -1.80. The van der Waals surface area contributed by atoms with Gasteiger partial charge in [0.15, 0.2) is 6.79 Å². The van der Waals surface area contributed by atoms with Crippen LogP contribution in [0.3, 0.4) is 0 Å². The zero-order valence-corrected chi connectivity index (χ0v) is 24.3. The molecule has 0 saturated carbocycles. The molecule has 3 aromatic rings. The Labute approximate surface area is 256 Å². The lowest BCUT2D eigenvalue weighted by atomic mass is 9.99. The standard InChI is InChI=1S/C31H30F2N2O10/c1-42-17-44-26-11-10-22(43-2)15-23(26)28(37)27-24(32)13-19(14-25(27)33)30(39)45-35(31(40)41)12-4-3-5-20(16-35)34-29(38)18-6-8-21(36)9-7-18/h6-11,13-15,20H,3-5,12,16-17H2,1-2H3,(H2-,34,36,38,40,41). The Balaban J connectivity index is 1.58. The number of ether oxygens (including phenoxy) is 3. The summed E-state index contributed by atoms with van der Waals surface area (Å²) in [6.07, 6.45) is -0.735. The fourth-order valence-corrected chi connectivity index (χ4v) is 4.90. The minimum absolute atomic E-state index is 0.0430. The molecular formula is C31H30F2N2O10. The second kappa shape index (κ2) is 14.1. The molecule has 0 spiro atoms. The van der Waals surface area contributed by atoms with E-state index in [0.717, 1.165) is 0 Å². The quantitative estimate of drug-likeness (QED) is 0.205. The van der Waals surface area contributed by atoms with Gasteiger partial charge >= 0.3 is 12.1 Å². The van der Waals surface area contributed by atoms with Crippen LogP contribution in [0.2, 0.25) is 0 Å². The molecule has 45 heavy (non-hydrogen) atoms. The largest absolute Gasteiger partial charge is 0.508 e. The number of quaternary nitrogens is 1. The molecule has 12 nitrogen and oxygen atoms in total. The molecular weight excluding hydrogens is 598 g/mol. The van der Waals surface area contributed by atoms with Gasteiger partial charge in [-0.2, -0.15) is 0 Å². The van der Waals surface area contributed by atoms with E-state index in [-0.39, 0.29) is 48.1 Å². The Bertz CT molecular complexity index is 1570. The summed E-state index contributed by atoms with van der Waals surface area (Å²) in [6.45, 7) is -0.928. The second-order valence-corrected chi connectivity index (χ2v) is 10.2. The highest BCUT2D eigenvalue weighted by Gasteiger charge is 2.42. The van der Waals surface area contributed by atoms with Gasteiger partial charge in [-0.15, -0.1) is 0 Å². The first kappa shape index (κ1) is 32.8.